The van der Waals surface area contributed by atoms with Gasteiger partial charge >= 0.3 is 17.9 Å². The lowest BCUT2D eigenvalue weighted by Crippen LogP contribution is -2.15. The van der Waals surface area contributed by atoms with Gasteiger partial charge in [-0.2, -0.15) is 0 Å². The molecule has 2 rings (SSSR count). The average molecular weight is 398 g/mol. The molecule has 1 heterocycles. The van der Waals surface area contributed by atoms with E-state index in [2.05, 4.69) is 16.6 Å². The third-order valence-corrected chi connectivity index (χ3v) is 5.06. The van der Waals surface area contributed by atoms with Crippen molar-refractivity contribution in [2.75, 3.05) is 7.11 Å². The van der Waals surface area contributed by atoms with Crippen molar-refractivity contribution in [1.29, 1.82) is 0 Å². The van der Waals surface area contributed by atoms with E-state index in [4.69, 9.17) is 4.74 Å². The number of carboxylic acid groups (broad SMARTS) is 1. The van der Waals surface area contributed by atoms with Gasteiger partial charge in [-0.25, -0.2) is 9.59 Å². The number of cyclic esters (lactones) is 1. The van der Waals surface area contributed by atoms with Gasteiger partial charge < -0.3 is 14.6 Å². The van der Waals surface area contributed by atoms with Crippen LogP contribution in [0.5, 0.6) is 0 Å². The minimum Gasteiger partial charge on any atom is -0.478 e. The van der Waals surface area contributed by atoms with Crippen molar-refractivity contribution >= 4 is 17.9 Å². The maximum absolute atomic E-state index is 12.2. The predicted octanol–water partition coefficient (Wildman–Crippen LogP) is 3.76. The van der Waals surface area contributed by atoms with Crippen molar-refractivity contribution < 1.29 is 29.0 Å². The van der Waals surface area contributed by atoms with E-state index >= 15 is 0 Å². The topological polar surface area (TPSA) is 89.9 Å². The lowest BCUT2D eigenvalue weighted by Gasteiger charge is -2.17. The Balaban J connectivity index is 2.53. The largest absolute Gasteiger partial charge is 0.478 e. The Bertz CT molecular complexity index is 927. The first kappa shape index (κ1) is 22.2. The van der Waals surface area contributed by atoms with E-state index in [-0.39, 0.29) is 30.1 Å². The standard InChI is InChI=1S/C23H26O6/c1-5-6-7-8-16-15(3)18-13-29-23(27)21(18)20(22(25)26)17(16)11-9-14(2)10-12-19(24)28-4/h9H,5,8,10-13H2,1-4H3,(H,25,26)/b14-9+. The van der Waals surface area contributed by atoms with Crippen LogP contribution in [0.1, 0.15) is 76.1 Å². The first-order chi connectivity index (χ1) is 13.8. The van der Waals surface area contributed by atoms with Crippen LogP contribution in [-0.4, -0.2) is 30.1 Å². The number of ether oxygens (including phenoxy) is 2. The molecular weight excluding hydrogens is 372 g/mol. The van der Waals surface area contributed by atoms with Crippen LogP contribution >= 0.6 is 0 Å². The Morgan fingerprint density at radius 1 is 1.24 bits per heavy atom. The molecule has 6 nitrogen and oxygen atoms in total. The summed E-state index contributed by atoms with van der Waals surface area (Å²) in [5, 5.41) is 9.88. The molecule has 1 aromatic rings. The number of carbonyl (C=O) groups is 3. The van der Waals surface area contributed by atoms with Gasteiger partial charge in [-0.05, 0) is 43.4 Å². The van der Waals surface area contributed by atoms with E-state index in [1.165, 1.54) is 7.11 Å². The molecule has 0 saturated heterocycles. The normalized spacial score (nSPS) is 12.7. The molecular formula is C23H26O6. The predicted molar refractivity (Wildman–Crippen MR) is 108 cm³/mol. The van der Waals surface area contributed by atoms with Crippen LogP contribution in [0.4, 0.5) is 0 Å². The minimum absolute atomic E-state index is 0.00147. The van der Waals surface area contributed by atoms with E-state index in [0.29, 0.717) is 36.8 Å². The van der Waals surface area contributed by atoms with Gasteiger partial charge in [0.15, 0.2) is 0 Å². The van der Waals surface area contributed by atoms with E-state index in [1.807, 2.05) is 26.8 Å². The third kappa shape index (κ3) is 5.05. The second-order valence-corrected chi connectivity index (χ2v) is 6.91. The van der Waals surface area contributed by atoms with Gasteiger partial charge in [-0.1, -0.05) is 24.5 Å². The Kier molecular flexibility index (Phi) is 7.60. The first-order valence-electron chi connectivity index (χ1n) is 9.57. The van der Waals surface area contributed by atoms with Gasteiger partial charge in [-0.3, -0.25) is 4.79 Å². The number of carbonyl (C=O) groups excluding carboxylic acids is 2. The monoisotopic (exact) mass is 398 g/mol. The highest BCUT2D eigenvalue weighted by molar-refractivity contribution is 6.06. The van der Waals surface area contributed by atoms with Gasteiger partial charge in [0.2, 0.25) is 0 Å². The zero-order valence-corrected chi connectivity index (χ0v) is 17.3. The summed E-state index contributed by atoms with van der Waals surface area (Å²) in [6, 6.07) is 0. The zero-order chi connectivity index (χ0) is 21.6. The van der Waals surface area contributed by atoms with Gasteiger partial charge in [0, 0.05) is 24.8 Å². The Morgan fingerprint density at radius 2 is 1.97 bits per heavy atom. The number of benzene rings is 1. The smallest absolute Gasteiger partial charge is 0.339 e. The molecule has 0 radical (unpaired) electrons. The zero-order valence-electron chi connectivity index (χ0n) is 17.3. The molecule has 1 aromatic carbocycles. The van der Waals surface area contributed by atoms with Crippen LogP contribution in [-0.2, 0) is 33.7 Å². The highest BCUT2D eigenvalue weighted by atomic mass is 16.5. The summed E-state index contributed by atoms with van der Waals surface area (Å²) in [6.45, 7) is 5.80. The fourth-order valence-electron chi connectivity index (χ4n) is 3.42. The number of esters is 2. The third-order valence-electron chi connectivity index (χ3n) is 5.06. The Labute approximate surface area is 170 Å². The number of carboxylic acids is 1. The Hall–Kier alpha value is -3.07. The van der Waals surface area contributed by atoms with Gasteiger partial charge in [0.05, 0.1) is 18.2 Å². The number of fused-ring (bicyclic) bond motifs is 1. The molecule has 1 aliphatic heterocycles. The van der Waals surface area contributed by atoms with Crippen molar-refractivity contribution in [3.63, 3.8) is 0 Å². The summed E-state index contributed by atoms with van der Waals surface area (Å²) in [5.74, 6) is 4.06. The molecule has 0 amide bonds. The lowest BCUT2D eigenvalue weighted by atomic mass is 9.85. The molecule has 0 aliphatic carbocycles. The molecule has 0 spiro atoms. The Morgan fingerprint density at radius 3 is 2.59 bits per heavy atom. The number of hydrogen-bond acceptors (Lipinski definition) is 5. The SMILES string of the molecule is CCC#CCc1c(C)c2c(c(C(=O)O)c1C/C=C(\C)CCC(=O)OC)C(=O)OC2. The number of methoxy groups -OCH3 is 1. The highest BCUT2D eigenvalue weighted by Gasteiger charge is 2.33. The van der Waals surface area contributed by atoms with Crippen molar-refractivity contribution in [3.05, 3.63) is 45.0 Å². The summed E-state index contributed by atoms with van der Waals surface area (Å²) < 4.78 is 9.78. The van der Waals surface area contributed by atoms with Crippen LogP contribution in [0.25, 0.3) is 0 Å². The molecule has 1 aliphatic rings. The summed E-state index contributed by atoms with van der Waals surface area (Å²) in [5.41, 5.74) is 4.00. The van der Waals surface area contributed by atoms with E-state index in [0.717, 1.165) is 16.7 Å². The summed E-state index contributed by atoms with van der Waals surface area (Å²) >= 11 is 0. The molecule has 0 fully saturated rings. The van der Waals surface area contributed by atoms with Crippen LogP contribution in [0.15, 0.2) is 11.6 Å². The van der Waals surface area contributed by atoms with Crippen LogP contribution < -0.4 is 0 Å². The second-order valence-electron chi connectivity index (χ2n) is 6.91. The lowest BCUT2D eigenvalue weighted by molar-refractivity contribution is -0.140. The van der Waals surface area contributed by atoms with Gasteiger partial charge in [0.25, 0.3) is 0 Å². The molecule has 0 unspecified atom stereocenters. The molecule has 154 valence electrons. The minimum atomic E-state index is -1.15. The number of allylic oxidation sites excluding steroid dienone is 2. The van der Waals surface area contributed by atoms with E-state index < -0.39 is 11.9 Å². The number of rotatable bonds is 7. The highest BCUT2D eigenvalue weighted by Crippen LogP contribution is 2.34. The maximum atomic E-state index is 12.2. The fraction of sp³-hybridized carbons (Fsp3) is 0.435. The van der Waals surface area contributed by atoms with Gasteiger partial charge in [0.1, 0.15) is 6.61 Å². The van der Waals surface area contributed by atoms with Crippen LogP contribution in [0, 0.1) is 18.8 Å². The number of hydrogen-bond donors (Lipinski definition) is 1. The molecule has 0 aromatic heterocycles. The molecule has 1 N–H and O–H groups in total. The van der Waals surface area contributed by atoms with Crippen LogP contribution in [0.3, 0.4) is 0 Å². The quantitative estimate of drug-likeness (QED) is 0.427. The van der Waals surface area contributed by atoms with E-state index in [9.17, 15) is 19.5 Å². The molecule has 0 bridgehead atoms. The fourth-order valence-corrected chi connectivity index (χ4v) is 3.42. The maximum Gasteiger partial charge on any atom is 0.339 e. The van der Waals surface area contributed by atoms with Gasteiger partial charge in [-0.15, -0.1) is 5.92 Å². The molecule has 0 atom stereocenters. The van der Waals surface area contributed by atoms with Crippen LogP contribution in [0.2, 0.25) is 0 Å². The average Bonchev–Trinajstić information content (AvgIpc) is 3.07. The number of aromatic carboxylic acids is 1. The first-order valence-corrected chi connectivity index (χ1v) is 9.57. The van der Waals surface area contributed by atoms with Crippen molar-refractivity contribution in [3.8, 4) is 11.8 Å². The molecule has 0 saturated carbocycles. The van der Waals surface area contributed by atoms with E-state index in [1.54, 1.807) is 0 Å². The molecule has 29 heavy (non-hydrogen) atoms. The molecule has 6 heteroatoms. The summed E-state index contributed by atoms with van der Waals surface area (Å²) in [7, 11) is 1.34. The second kappa shape index (κ2) is 9.92. The summed E-state index contributed by atoms with van der Waals surface area (Å²) in [4.78, 5) is 35.7. The summed E-state index contributed by atoms with van der Waals surface area (Å²) in [6.07, 6.45) is 4.12. The van der Waals surface area contributed by atoms with Crippen molar-refractivity contribution in [1.82, 2.24) is 0 Å². The van der Waals surface area contributed by atoms with Crippen molar-refractivity contribution in [2.24, 2.45) is 0 Å². The van der Waals surface area contributed by atoms with Crippen molar-refractivity contribution in [2.45, 2.75) is 59.5 Å².